The van der Waals surface area contributed by atoms with Gasteiger partial charge in [-0.25, -0.2) is 13.6 Å². The molecular weight excluding hydrogens is 344 g/mol. The normalized spacial score (nSPS) is 14.8. The molecule has 1 saturated heterocycles. The largest absolute Gasteiger partial charge is 0.490 e. The topological polar surface area (TPSA) is 116 Å². The SMILES string of the molecule is NS(=O)(=O)c1ccc(OCCOC(=O)CN2CSCC2=O)cc1. The van der Waals surface area contributed by atoms with Gasteiger partial charge in [0, 0.05) is 0 Å². The quantitative estimate of drug-likeness (QED) is 0.528. The number of thioether (sulfide) groups is 1. The van der Waals surface area contributed by atoms with Gasteiger partial charge < -0.3 is 14.4 Å². The molecule has 0 saturated carbocycles. The average molecular weight is 360 g/mol. The summed E-state index contributed by atoms with van der Waals surface area (Å²) < 4.78 is 32.5. The van der Waals surface area contributed by atoms with Gasteiger partial charge in [0.1, 0.15) is 25.5 Å². The second kappa shape index (κ2) is 7.66. The van der Waals surface area contributed by atoms with Crippen LogP contribution in [0.2, 0.25) is 0 Å². The molecule has 1 heterocycles. The summed E-state index contributed by atoms with van der Waals surface area (Å²) in [6, 6.07) is 5.57. The van der Waals surface area contributed by atoms with Gasteiger partial charge >= 0.3 is 5.97 Å². The number of primary sulfonamides is 1. The van der Waals surface area contributed by atoms with Crippen molar-refractivity contribution < 1.29 is 27.5 Å². The molecule has 1 fully saturated rings. The summed E-state index contributed by atoms with van der Waals surface area (Å²) in [6.45, 7) is 0.0863. The number of carbonyl (C=O) groups excluding carboxylic acids is 2. The van der Waals surface area contributed by atoms with Crippen molar-refractivity contribution in [3.63, 3.8) is 0 Å². The summed E-state index contributed by atoms with van der Waals surface area (Å²) >= 11 is 1.45. The van der Waals surface area contributed by atoms with E-state index in [1.54, 1.807) is 0 Å². The molecule has 0 spiro atoms. The molecule has 2 N–H and O–H groups in total. The zero-order valence-electron chi connectivity index (χ0n) is 12.1. The van der Waals surface area contributed by atoms with Crippen LogP contribution in [0, 0.1) is 0 Å². The van der Waals surface area contributed by atoms with Gasteiger partial charge in [-0.2, -0.15) is 0 Å². The van der Waals surface area contributed by atoms with Crippen molar-refractivity contribution in [3.05, 3.63) is 24.3 Å². The molecule has 0 bridgehead atoms. The molecule has 1 aliphatic rings. The highest BCUT2D eigenvalue weighted by Crippen LogP contribution is 2.15. The fourth-order valence-electron chi connectivity index (χ4n) is 1.78. The van der Waals surface area contributed by atoms with E-state index in [2.05, 4.69) is 0 Å². The number of nitrogens with two attached hydrogens (primary N) is 1. The van der Waals surface area contributed by atoms with E-state index in [0.29, 0.717) is 17.4 Å². The summed E-state index contributed by atoms with van der Waals surface area (Å²) in [4.78, 5) is 24.3. The number of hydrogen-bond acceptors (Lipinski definition) is 7. The minimum atomic E-state index is -3.73. The average Bonchev–Trinajstić information content (AvgIpc) is 2.88. The maximum absolute atomic E-state index is 11.5. The van der Waals surface area contributed by atoms with Crippen LogP contribution in [-0.4, -0.2) is 56.6 Å². The third-order valence-corrected chi connectivity index (χ3v) is 4.79. The Balaban J connectivity index is 1.69. The zero-order chi connectivity index (χ0) is 16.9. The van der Waals surface area contributed by atoms with E-state index in [-0.39, 0.29) is 30.6 Å². The Kier molecular flexibility index (Phi) is 5.85. The number of nitrogens with zero attached hydrogens (tertiary/aromatic N) is 1. The minimum absolute atomic E-state index is 0.00979. The van der Waals surface area contributed by atoms with Crippen LogP contribution in [0.3, 0.4) is 0 Å². The lowest BCUT2D eigenvalue weighted by Crippen LogP contribution is -2.33. The van der Waals surface area contributed by atoms with Crippen LogP contribution in [-0.2, 0) is 24.3 Å². The van der Waals surface area contributed by atoms with Gasteiger partial charge in [-0.05, 0) is 24.3 Å². The van der Waals surface area contributed by atoms with Crippen LogP contribution in [0.25, 0.3) is 0 Å². The Labute approximate surface area is 138 Å². The van der Waals surface area contributed by atoms with Crippen molar-refractivity contribution in [2.45, 2.75) is 4.90 Å². The fraction of sp³-hybridized carbons (Fsp3) is 0.385. The van der Waals surface area contributed by atoms with Gasteiger partial charge in [0.25, 0.3) is 0 Å². The summed E-state index contributed by atoms with van der Waals surface area (Å²) in [7, 11) is -3.73. The maximum Gasteiger partial charge on any atom is 0.325 e. The molecular formula is C13H16N2O6S2. The third kappa shape index (κ3) is 5.41. The number of hydrogen-bond donors (Lipinski definition) is 1. The highest BCUT2D eigenvalue weighted by molar-refractivity contribution is 8.00. The highest BCUT2D eigenvalue weighted by atomic mass is 32.2. The lowest BCUT2D eigenvalue weighted by Gasteiger charge is -2.13. The minimum Gasteiger partial charge on any atom is -0.490 e. The molecule has 8 nitrogen and oxygen atoms in total. The van der Waals surface area contributed by atoms with E-state index in [1.807, 2.05) is 0 Å². The lowest BCUT2D eigenvalue weighted by atomic mass is 10.3. The van der Waals surface area contributed by atoms with Crippen molar-refractivity contribution >= 4 is 33.7 Å². The third-order valence-electron chi connectivity index (χ3n) is 2.91. The molecule has 1 aromatic rings. The fourth-order valence-corrected chi connectivity index (χ4v) is 3.20. The Hall–Kier alpha value is -1.78. The van der Waals surface area contributed by atoms with Crippen molar-refractivity contribution in [2.24, 2.45) is 5.14 Å². The van der Waals surface area contributed by atoms with Gasteiger partial charge in [0.05, 0.1) is 16.5 Å². The van der Waals surface area contributed by atoms with Crippen LogP contribution in [0.15, 0.2) is 29.2 Å². The van der Waals surface area contributed by atoms with Crippen LogP contribution in [0.5, 0.6) is 5.75 Å². The van der Waals surface area contributed by atoms with Gasteiger partial charge in [0.2, 0.25) is 15.9 Å². The summed E-state index contributed by atoms with van der Waals surface area (Å²) in [5, 5.41) is 4.98. The van der Waals surface area contributed by atoms with Gasteiger partial charge in [0.15, 0.2) is 0 Å². The molecule has 10 heteroatoms. The molecule has 2 rings (SSSR count). The number of amides is 1. The zero-order valence-corrected chi connectivity index (χ0v) is 13.8. The van der Waals surface area contributed by atoms with Crippen LogP contribution in [0.1, 0.15) is 0 Å². The number of rotatable bonds is 7. The molecule has 0 radical (unpaired) electrons. The Morgan fingerprint density at radius 2 is 1.96 bits per heavy atom. The molecule has 126 valence electrons. The summed E-state index contributed by atoms with van der Waals surface area (Å²) in [5.74, 6) is 0.762. The van der Waals surface area contributed by atoms with E-state index in [1.165, 1.54) is 40.9 Å². The van der Waals surface area contributed by atoms with E-state index >= 15 is 0 Å². The van der Waals surface area contributed by atoms with Gasteiger partial charge in [-0.15, -0.1) is 11.8 Å². The highest BCUT2D eigenvalue weighted by Gasteiger charge is 2.23. The van der Waals surface area contributed by atoms with Crippen molar-refractivity contribution in [3.8, 4) is 5.75 Å². The summed E-state index contributed by atoms with van der Waals surface area (Å²) in [6.07, 6.45) is 0. The molecule has 0 atom stereocenters. The van der Waals surface area contributed by atoms with Crippen LogP contribution in [0.4, 0.5) is 0 Å². The Morgan fingerprint density at radius 1 is 1.26 bits per heavy atom. The van der Waals surface area contributed by atoms with Gasteiger partial charge in [-0.1, -0.05) is 0 Å². The number of carbonyl (C=O) groups is 2. The van der Waals surface area contributed by atoms with Crippen LogP contribution >= 0.6 is 11.8 Å². The standard InChI is InChI=1S/C13H16N2O6S2/c14-23(18,19)11-3-1-10(2-4-11)20-5-6-21-13(17)7-15-9-22-8-12(15)16/h1-4H,5-9H2,(H2,14,18,19). The smallest absolute Gasteiger partial charge is 0.325 e. The van der Waals surface area contributed by atoms with E-state index in [0.717, 1.165) is 0 Å². The number of ether oxygens (including phenoxy) is 2. The predicted molar refractivity (Wildman–Crippen MR) is 83.3 cm³/mol. The van der Waals surface area contributed by atoms with Crippen LogP contribution < -0.4 is 9.88 Å². The molecule has 1 aliphatic heterocycles. The Morgan fingerprint density at radius 3 is 2.52 bits per heavy atom. The number of benzene rings is 1. The maximum atomic E-state index is 11.5. The second-order valence-corrected chi connectivity index (χ2v) is 7.17. The molecule has 0 unspecified atom stereocenters. The van der Waals surface area contributed by atoms with E-state index in [4.69, 9.17) is 14.6 Å². The van der Waals surface area contributed by atoms with Gasteiger partial charge in [-0.3, -0.25) is 9.59 Å². The van der Waals surface area contributed by atoms with Crippen molar-refractivity contribution in [2.75, 3.05) is 31.4 Å². The first-order valence-corrected chi connectivity index (χ1v) is 9.33. The summed E-state index contributed by atoms with van der Waals surface area (Å²) in [5.41, 5.74) is 0. The van der Waals surface area contributed by atoms with Crippen molar-refractivity contribution in [1.29, 1.82) is 0 Å². The predicted octanol–water partition coefficient (Wildman–Crippen LogP) is -0.211. The van der Waals surface area contributed by atoms with E-state index in [9.17, 15) is 18.0 Å². The number of sulfonamides is 1. The first-order chi connectivity index (χ1) is 10.9. The second-order valence-electron chi connectivity index (χ2n) is 4.65. The molecule has 1 aromatic carbocycles. The Bertz CT molecular complexity index is 674. The van der Waals surface area contributed by atoms with E-state index < -0.39 is 16.0 Å². The molecule has 0 aromatic heterocycles. The van der Waals surface area contributed by atoms with Crippen molar-refractivity contribution in [1.82, 2.24) is 4.90 Å². The number of esters is 1. The first kappa shape index (κ1) is 17.6. The lowest BCUT2D eigenvalue weighted by molar-refractivity contribution is -0.148. The monoisotopic (exact) mass is 360 g/mol. The molecule has 1 amide bonds. The molecule has 23 heavy (non-hydrogen) atoms. The first-order valence-electron chi connectivity index (χ1n) is 6.63. The molecule has 0 aliphatic carbocycles.